The lowest BCUT2D eigenvalue weighted by molar-refractivity contribution is -0.129. The summed E-state index contributed by atoms with van der Waals surface area (Å²) in [5.41, 5.74) is 0.578. The lowest BCUT2D eigenvalue weighted by Crippen LogP contribution is -2.39. The summed E-state index contributed by atoms with van der Waals surface area (Å²) in [5, 5.41) is 0.529. The lowest BCUT2D eigenvalue weighted by Gasteiger charge is -2.22. The predicted molar refractivity (Wildman–Crippen MR) is 105 cm³/mol. The summed E-state index contributed by atoms with van der Waals surface area (Å²) in [5.74, 6) is 0.00962. The molecule has 3 heterocycles. The zero-order valence-corrected chi connectivity index (χ0v) is 17.0. The van der Waals surface area contributed by atoms with E-state index in [9.17, 15) is 14.4 Å². The molecule has 0 spiro atoms. The molecule has 1 aliphatic rings. The molecule has 0 N–H and O–H groups in total. The number of aromatic nitrogens is 2. The number of rotatable bonds is 3. The fraction of sp³-hybridized carbons (Fsp3) is 0.556. The van der Waals surface area contributed by atoms with E-state index < -0.39 is 0 Å². The van der Waals surface area contributed by atoms with Gasteiger partial charge in [-0.25, -0.2) is 4.98 Å². The van der Waals surface area contributed by atoms with Gasteiger partial charge in [-0.15, -0.1) is 11.3 Å². The van der Waals surface area contributed by atoms with E-state index in [-0.39, 0.29) is 17.4 Å². The van der Waals surface area contributed by atoms with Gasteiger partial charge in [0.1, 0.15) is 4.83 Å². The quantitative estimate of drug-likeness (QED) is 0.763. The van der Waals surface area contributed by atoms with Gasteiger partial charge in [0.2, 0.25) is 5.91 Å². The number of fused-ring (bicyclic) bond motifs is 1. The SMILES string of the molecule is Cc1c(C(=O)N2CCCN(CC(=O)N(C)C)CC2)sc2ncn(C)c(=O)c12. The Bertz CT molecular complexity index is 933. The normalized spacial score (nSPS) is 15.8. The van der Waals surface area contributed by atoms with Gasteiger partial charge in [-0.1, -0.05) is 0 Å². The van der Waals surface area contributed by atoms with Crippen LogP contribution in [0.1, 0.15) is 21.7 Å². The van der Waals surface area contributed by atoms with Gasteiger partial charge in [-0.05, 0) is 18.9 Å². The first-order valence-electron chi connectivity index (χ1n) is 8.96. The number of hydrogen-bond donors (Lipinski definition) is 0. The van der Waals surface area contributed by atoms with Crippen LogP contribution in [-0.2, 0) is 11.8 Å². The average molecular weight is 391 g/mol. The molecule has 0 radical (unpaired) electrons. The number of carbonyl (C=O) groups excluding carboxylic acids is 2. The number of nitrogens with zero attached hydrogens (tertiary/aromatic N) is 5. The van der Waals surface area contributed by atoms with Gasteiger partial charge in [0, 0.05) is 47.3 Å². The van der Waals surface area contributed by atoms with Crippen molar-refractivity contribution in [2.75, 3.05) is 46.8 Å². The Balaban J connectivity index is 1.78. The van der Waals surface area contributed by atoms with Crippen LogP contribution in [0.15, 0.2) is 11.1 Å². The number of aryl methyl sites for hydroxylation is 2. The van der Waals surface area contributed by atoms with Crippen molar-refractivity contribution in [3.8, 4) is 0 Å². The third kappa shape index (κ3) is 3.89. The fourth-order valence-corrected chi connectivity index (χ4v) is 4.33. The summed E-state index contributed by atoms with van der Waals surface area (Å²) in [6.07, 6.45) is 2.30. The maximum absolute atomic E-state index is 13.1. The van der Waals surface area contributed by atoms with Crippen molar-refractivity contribution in [3.05, 3.63) is 27.1 Å². The van der Waals surface area contributed by atoms with Crippen molar-refractivity contribution in [1.29, 1.82) is 0 Å². The lowest BCUT2D eigenvalue weighted by atomic mass is 10.2. The number of hydrogen-bond acceptors (Lipinski definition) is 6. The van der Waals surface area contributed by atoms with Gasteiger partial charge < -0.3 is 14.4 Å². The molecule has 9 heteroatoms. The van der Waals surface area contributed by atoms with Gasteiger partial charge in [-0.2, -0.15) is 0 Å². The summed E-state index contributed by atoms with van der Waals surface area (Å²) in [6.45, 7) is 4.85. The summed E-state index contributed by atoms with van der Waals surface area (Å²) < 4.78 is 1.43. The van der Waals surface area contributed by atoms with Crippen LogP contribution in [-0.4, -0.2) is 82.9 Å². The van der Waals surface area contributed by atoms with Crippen LogP contribution in [0, 0.1) is 6.92 Å². The van der Waals surface area contributed by atoms with Gasteiger partial charge in [0.15, 0.2) is 0 Å². The second-order valence-electron chi connectivity index (χ2n) is 7.11. The minimum atomic E-state index is -0.128. The van der Waals surface area contributed by atoms with Crippen molar-refractivity contribution < 1.29 is 9.59 Å². The molecule has 0 atom stereocenters. The highest BCUT2D eigenvalue weighted by molar-refractivity contribution is 7.20. The van der Waals surface area contributed by atoms with Crippen LogP contribution in [0.25, 0.3) is 10.2 Å². The molecule has 1 fully saturated rings. The smallest absolute Gasteiger partial charge is 0.264 e. The first-order chi connectivity index (χ1) is 12.8. The third-order valence-corrected chi connectivity index (χ3v) is 6.13. The fourth-order valence-electron chi connectivity index (χ4n) is 3.22. The molecule has 2 aromatic heterocycles. The first kappa shape index (κ1) is 19.5. The van der Waals surface area contributed by atoms with Crippen molar-refractivity contribution in [2.24, 2.45) is 7.05 Å². The molecule has 2 amide bonds. The molecule has 146 valence electrons. The van der Waals surface area contributed by atoms with E-state index in [4.69, 9.17) is 0 Å². The van der Waals surface area contributed by atoms with Gasteiger partial charge in [-0.3, -0.25) is 19.3 Å². The summed E-state index contributed by atoms with van der Waals surface area (Å²) in [4.78, 5) is 48.4. The predicted octanol–water partition coefficient (Wildman–Crippen LogP) is 0.540. The highest BCUT2D eigenvalue weighted by Crippen LogP contribution is 2.28. The zero-order chi connectivity index (χ0) is 19.7. The molecule has 0 bridgehead atoms. The van der Waals surface area contributed by atoms with Crippen LogP contribution in [0.3, 0.4) is 0 Å². The van der Waals surface area contributed by atoms with Gasteiger partial charge in [0.25, 0.3) is 11.5 Å². The molecule has 1 saturated heterocycles. The molecular weight excluding hydrogens is 366 g/mol. The Labute approximate surface area is 162 Å². The molecule has 3 rings (SSSR count). The third-order valence-electron chi connectivity index (χ3n) is 4.94. The number of amides is 2. The van der Waals surface area contributed by atoms with E-state index in [0.29, 0.717) is 46.8 Å². The van der Waals surface area contributed by atoms with Crippen molar-refractivity contribution in [1.82, 2.24) is 24.3 Å². The van der Waals surface area contributed by atoms with E-state index in [2.05, 4.69) is 9.88 Å². The van der Waals surface area contributed by atoms with Crippen LogP contribution in [0.5, 0.6) is 0 Å². The number of thiophene rings is 1. The Morgan fingerprint density at radius 1 is 1.22 bits per heavy atom. The standard InChI is InChI=1S/C18H25N5O3S/c1-12-14-16(19-11-21(4)17(14)25)27-15(12)18(26)23-7-5-6-22(8-9-23)10-13(24)20(2)3/h11H,5-10H2,1-4H3. The molecular formula is C18H25N5O3S. The number of carbonyl (C=O) groups is 2. The van der Waals surface area contributed by atoms with E-state index in [1.807, 2.05) is 11.8 Å². The van der Waals surface area contributed by atoms with Crippen LogP contribution >= 0.6 is 11.3 Å². The molecule has 0 aromatic carbocycles. The van der Waals surface area contributed by atoms with Crippen LogP contribution < -0.4 is 5.56 Å². The van der Waals surface area contributed by atoms with Crippen molar-refractivity contribution >= 4 is 33.4 Å². The molecule has 1 aliphatic heterocycles. The number of likely N-dealkylation sites (N-methyl/N-ethyl adjacent to an activating group) is 1. The van der Waals surface area contributed by atoms with Gasteiger partial charge >= 0.3 is 0 Å². The van der Waals surface area contributed by atoms with E-state index in [1.54, 1.807) is 26.0 Å². The molecule has 8 nitrogen and oxygen atoms in total. The zero-order valence-electron chi connectivity index (χ0n) is 16.2. The van der Waals surface area contributed by atoms with Crippen molar-refractivity contribution in [3.63, 3.8) is 0 Å². The van der Waals surface area contributed by atoms with E-state index in [1.165, 1.54) is 22.2 Å². The molecule has 27 heavy (non-hydrogen) atoms. The van der Waals surface area contributed by atoms with Crippen LogP contribution in [0.2, 0.25) is 0 Å². The summed E-state index contributed by atoms with van der Waals surface area (Å²) in [7, 11) is 5.16. The highest BCUT2D eigenvalue weighted by atomic mass is 32.1. The maximum Gasteiger partial charge on any atom is 0.264 e. The minimum Gasteiger partial charge on any atom is -0.348 e. The molecule has 0 aliphatic carbocycles. The van der Waals surface area contributed by atoms with E-state index >= 15 is 0 Å². The minimum absolute atomic E-state index is 0.0571. The Morgan fingerprint density at radius 3 is 2.67 bits per heavy atom. The van der Waals surface area contributed by atoms with Gasteiger partial charge in [0.05, 0.1) is 23.1 Å². The second-order valence-corrected chi connectivity index (χ2v) is 8.11. The largest absolute Gasteiger partial charge is 0.348 e. The Morgan fingerprint density at radius 2 is 1.96 bits per heavy atom. The Hall–Kier alpha value is -2.26. The highest BCUT2D eigenvalue weighted by Gasteiger charge is 2.26. The second kappa shape index (κ2) is 7.77. The maximum atomic E-state index is 13.1. The molecule has 0 saturated carbocycles. The summed E-state index contributed by atoms with van der Waals surface area (Å²) >= 11 is 1.28. The average Bonchev–Trinajstić information content (AvgIpc) is 2.80. The molecule has 2 aromatic rings. The van der Waals surface area contributed by atoms with E-state index in [0.717, 1.165) is 13.0 Å². The monoisotopic (exact) mass is 391 g/mol. The molecule has 0 unspecified atom stereocenters. The van der Waals surface area contributed by atoms with Crippen LogP contribution in [0.4, 0.5) is 0 Å². The van der Waals surface area contributed by atoms with Crippen molar-refractivity contribution in [2.45, 2.75) is 13.3 Å². The Kier molecular flexibility index (Phi) is 5.61. The first-order valence-corrected chi connectivity index (χ1v) is 9.77. The topological polar surface area (TPSA) is 78.8 Å². The summed E-state index contributed by atoms with van der Waals surface area (Å²) in [6, 6.07) is 0.